The molecule has 3 rings (SSSR count). The van der Waals surface area contributed by atoms with Crippen molar-refractivity contribution < 1.29 is 17.6 Å². The topological polar surface area (TPSA) is 108 Å². The Balaban J connectivity index is 1.87. The highest BCUT2D eigenvalue weighted by molar-refractivity contribution is 7.90. The number of carbonyl (C=O) groups is 1. The van der Waals surface area contributed by atoms with Crippen LogP contribution in [0.4, 0.5) is 15.8 Å². The van der Waals surface area contributed by atoms with Crippen molar-refractivity contribution in [2.75, 3.05) is 42.0 Å². The van der Waals surface area contributed by atoms with Crippen LogP contribution in [0.2, 0.25) is 0 Å². The fraction of sp³-hybridized carbons (Fsp3) is 0.500. The molecule has 0 bridgehead atoms. The van der Waals surface area contributed by atoms with Crippen molar-refractivity contribution in [2.24, 2.45) is 16.3 Å². The second-order valence-corrected chi connectivity index (χ2v) is 10.6. The number of rotatable bonds is 6. The highest BCUT2D eigenvalue weighted by Crippen LogP contribution is 2.46. The number of nitrogens with two attached hydrogens (primary N) is 1. The maximum Gasteiger partial charge on any atom is 0.251 e. The molecule has 0 unspecified atom stereocenters. The Bertz CT molecular complexity index is 1010. The minimum absolute atomic E-state index is 0.0356. The molecular formula is C20H28FN5O3S. The number of hydrogen-bond acceptors (Lipinski definition) is 7. The number of nitrogens with zero attached hydrogens (tertiary/aromatic N) is 3. The maximum atomic E-state index is 14.0. The molecule has 0 atom stereocenters. The van der Waals surface area contributed by atoms with Crippen LogP contribution in [0, 0.1) is 11.2 Å². The molecule has 0 aromatic heterocycles. The highest BCUT2D eigenvalue weighted by Gasteiger charge is 2.38. The fourth-order valence-electron chi connectivity index (χ4n) is 4.02. The first-order chi connectivity index (χ1) is 13.9. The third-order valence-electron chi connectivity index (χ3n) is 6.16. The smallest absolute Gasteiger partial charge is 0.251 e. The molecule has 1 saturated heterocycles. The van der Waals surface area contributed by atoms with E-state index in [4.69, 9.17) is 5.73 Å². The number of fused-ring (bicyclic) bond motifs is 1. The first-order valence-corrected chi connectivity index (χ1v) is 11.8. The van der Waals surface area contributed by atoms with Gasteiger partial charge in [-0.25, -0.2) is 17.8 Å². The zero-order valence-corrected chi connectivity index (χ0v) is 18.4. The van der Waals surface area contributed by atoms with Gasteiger partial charge in [0.25, 0.3) is 5.91 Å². The lowest BCUT2D eigenvalue weighted by molar-refractivity contribution is 0.100. The molecule has 2 heterocycles. The van der Waals surface area contributed by atoms with Crippen molar-refractivity contribution in [3.05, 3.63) is 34.9 Å². The first-order valence-electron chi connectivity index (χ1n) is 9.74. The quantitative estimate of drug-likeness (QED) is 0.660. The average Bonchev–Trinajstić information content (AvgIpc) is 3.03. The van der Waals surface area contributed by atoms with E-state index in [9.17, 15) is 17.6 Å². The summed E-state index contributed by atoms with van der Waals surface area (Å²) in [7, 11) is -2.99. The van der Waals surface area contributed by atoms with Gasteiger partial charge in [-0.2, -0.15) is 5.10 Å². The molecule has 8 nitrogen and oxygen atoms in total. The minimum atomic E-state index is -2.99. The number of hydrogen-bond donors (Lipinski definition) is 2. The third-order valence-corrected chi connectivity index (χ3v) is 7.08. The summed E-state index contributed by atoms with van der Waals surface area (Å²) in [6.07, 6.45) is 2.90. The van der Waals surface area contributed by atoms with Gasteiger partial charge in [0.15, 0.2) is 0 Å². The van der Waals surface area contributed by atoms with Crippen molar-refractivity contribution in [2.45, 2.75) is 26.7 Å². The number of amides is 1. The molecule has 1 aromatic carbocycles. The minimum Gasteiger partial charge on any atom is -0.366 e. The number of primary amides is 1. The Morgan fingerprint density at radius 2 is 2.00 bits per heavy atom. The number of benzene rings is 1. The van der Waals surface area contributed by atoms with E-state index in [2.05, 4.69) is 29.0 Å². The van der Waals surface area contributed by atoms with Crippen molar-refractivity contribution in [1.82, 2.24) is 4.90 Å². The van der Waals surface area contributed by atoms with Gasteiger partial charge < -0.3 is 16.0 Å². The van der Waals surface area contributed by atoms with Crippen LogP contribution in [-0.4, -0.2) is 57.6 Å². The summed E-state index contributed by atoms with van der Waals surface area (Å²) in [5.74, 6) is -0.523. The summed E-state index contributed by atoms with van der Waals surface area (Å²) >= 11 is 0. The van der Waals surface area contributed by atoms with Gasteiger partial charge >= 0.3 is 0 Å². The van der Waals surface area contributed by atoms with Crippen molar-refractivity contribution in [3.8, 4) is 0 Å². The third kappa shape index (κ3) is 4.34. The molecule has 1 aromatic rings. The Labute approximate surface area is 176 Å². The summed E-state index contributed by atoms with van der Waals surface area (Å²) in [5, 5.41) is 8.74. The van der Waals surface area contributed by atoms with E-state index < -0.39 is 21.6 Å². The SMILES string of the molecule is C=NN1/C(=C(\C)C2(C)CCN(CCS(C)(=O)=O)CC2)Nc2cc(F)cc(C(N)=O)c21. The Morgan fingerprint density at radius 3 is 2.53 bits per heavy atom. The number of allylic oxidation sites excluding steroid dienone is 1. The van der Waals surface area contributed by atoms with E-state index in [-0.39, 0.29) is 16.7 Å². The van der Waals surface area contributed by atoms with Crippen LogP contribution >= 0.6 is 0 Å². The van der Waals surface area contributed by atoms with Crippen molar-refractivity contribution >= 4 is 33.8 Å². The lowest BCUT2D eigenvalue weighted by atomic mass is 9.74. The van der Waals surface area contributed by atoms with E-state index in [1.807, 2.05) is 6.92 Å². The molecule has 2 aliphatic rings. The number of hydrazone groups is 1. The second-order valence-electron chi connectivity index (χ2n) is 8.30. The van der Waals surface area contributed by atoms with Crippen LogP contribution in [0.15, 0.2) is 28.6 Å². The molecule has 0 aliphatic carbocycles. The molecule has 0 spiro atoms. The zero-order chi connectivity index (χ0) is 22.3. The summed E-state index contributed by atoms with van der Waals surface area (Å²) in [6, 6.07) is 2.40. The van der Waals surface area contributed by atoms with E-state index in [0.717, 1.165) is 37.6 Å². The molecule has 1 amide bonds. The summed E-state index contributed by atoms with van der Waals surface area (Å²) in [6.45, 7) is 9.81. The number of carbonyl (C=O) groups excluding carboxylic acids is 1. The molecular weight excluding hydrogens is 409 g/mol. The molecule has 0 saturated carbocycles. The number of nitrogens with one attached hydrogen (secondary N) is 1. The van der Waals surface area contributed by atoms with Crippen LogP contribution in [-0.2, 0) is 9.84 Å². The van der Waals surface area contributed by atoms with Gasteiger partial charge in [0.2, 0.25) is 0 Å². The molecule has 2 aliphatic heterocycles. The standard InChI is InChI=1S/C20H28FN5O3S/c1-13(20(2)5-7-25(8-6-20)9-10-30(4,28)29)19-24-16-12-14(21)11-15(18(22)27)17(16)26(19)23-3/h11-12,24H,3,5-10H2,1-2,4H3,(H2,22,27)/b19-13+. The largest absolute Gasteiger partial charge is 0.366 e. The number of likely N-dealkylation sites (tertiary alicyclic amines) is 1. The summed E-state index contributed by atoms with van der Waals surface area (Å²) in [4.78, 5) is 14.0. The van der Waals surface area contributed by atoms with Crippen molar-refractivity contribution in [3.63, 3.8) is 0 Å². The number of halogens is 1. The maximum absolute atomic E-state index is 14.0. The van der Waals surface area contributed by atoms with Crippen LogP contribution < -0.4 is 16.1 Å². The molecule has 10 heteroatoms. The molecule has 1 fully saturated rings. The van der Waals surface area contributed by atoms with Crippen LogP contribution in [0.3, 0.4) is 0 Å². The van der Waals surface area contributed by atoms with Gasteiger partial charge in [0.1, 0.15) is 27.2 Å². The van der Waals surface area contributed by atoms with Gasteiger partial charge in [-0.3, -0.25) is 4.79 Å². The fourth-order valence-corrected chi connectivity index (χ4v) is 4.61. The van der Waals surface area contributed by atoms with Gasteiger partial charge in [-0.15, -0.1) is 0 Å². The molecule has 0 radical (unpaired) electrons. The lowest BCUT2D eigenvalue weighted by Crippen LogP contribution is -2.42. The number of piperidine rings is 1. The van der Waals surface area contributed by atoms with E-state index in [1.165, 1.54) is 17.3 Å². The first kappa shape index (κ1) is 22.2. The molecule has 30 heavy (non-hydrogen) atoms. The Morgan fingerprint density at radius 1 is 1.37 bits per heavy atom. The van der Waals surface area contributed by atoms with Gasteiger partial charge in [0.05, 0.1) is 17.0 Å². The number of anilines is 2. The summed E-state index contributed by atoms with van der Waals surface area (Å²) in [5.41, 5.74) is 7.12. The van der Waals surface area contributed by atoms with Gasteiger partial charge in [-0.05, 0) is 56.0 Å². The van der Waals surface area contributed by atoms with E-state index >= 15 is 0 Å². The van der Waals surface area contributed by atoms with Crippen LogP contribution in [0.25, 0.3) is 0 Å². The Kier molecular flexibility index (Phi) is 5.92. The molecule has 164 valence electrons. The van der Waals surface area contributed by atoms with Crippen LogP contribution in [0.5, 0.6) is 0 Å². The van der Waals surface area contributed by atoms with Crippen LogP contribution in [0.1, 0.15) is 37.0 Å². The number of sulfone groups is 1. The monoisotopic (exact) mass is 437 g/mol. The predicted molar refractivity (Wildman–Crippen MR) is 117 cm³/mol. The van der Waals surface area contributed by atoms with E-state index in [1.54, 1.807) is 0 Å². The van der Waals surface area contributed by atoms with Gasteiger partial charge in [-0.1, -0.05) is 6.92 Å². The summed E-state index contributed by atoms with van der Waals surface area (Å²) < 4.78 is 36.9. The zero-order valence-electron chi connectivity index (χ0n) is 17.5. The Hall–Kier alpha value is -2.46. The van der Waals surface area contributed by atoms with E-state index in [0.29, 0.717) is 23.7 Å². The lowest BCUT2D eigenvalue weighted by Gasteiger charge is -2.41. The second kappa shape index (κ2) is 7.99. The predicted octanol–water partition coefficient (Wildman–Crippen LogP) is 2.15. The average molecular weight is 438 g/mol. The molecule has 3 N–H and O–H groups in total. The highest BCUT2D eigenvalue weighted by atomic mass is 32.2. The normalized spacial score (nSPS) is 20.5. The van der Waals surface area contributed by atoms with Crippen molar-refractivity contribution in [1.29, 1.82) is 0 Å². The van der Waals surface area contributed by atoms with Gasteiger partial charge in [0, 0.05) is 19.5 Å².